The molecule has 0 spiro atoms. The van der Waals surface area contributed by atoms with Gasteiger partial charge in [-0.05, 0) is 23.6 Å². The van der Waals surface area contributed by atoms with Gasteiger partial charge < -0.3 is 15.0 Å². The van der Waals surface area contributed by atoms with Gasteiger partial charge in [0.15, 0.2) is 5.16 Å². The average Bonchev–Trinajstić information content (AvgIpc) is 3.16. The predicted octanol–water partition coefficient (Wildman–Crippen LogP) is 4.51. The molecule has 8 heteroatoms. The molecule has 3 aromatic rings. The summed E-state index contributed by atoms with van der Waals surface area (Å²) in [4.78, 5) is 29.2. The van der Waals surface area contributed by atoms with Gasteiger partial charge in [-0.2, -0.15) is 0 Å². The summed E-state index contributed by atoms with van der Waals surface area (Å²) in [6.07, 6.45) is 2.65. The first-order chi connectivity index (χ1) is 15.0. The zero-order valence-electron chi connectivity index (χ0n) is 17.1. The van der Waals surface area contributed by atoms with Crippen molar-refractivity contribution >= 4 is 35.2 Å². The van der Waals surface area contributed by atoms with E-state index in [0.717, 1.165) is 23.3 Å². The summed E-state index contributed by atoms with van der Waals surface area (Å²) in [5.41, 5.74) is 1.99. The molecular formula is C23H24ClN3O3S. The van der Waals surface area contributed by atoms with Crippen LogP contribution in [0.3, 0.4) is 0 Å². The molecule has 31 heavy (non-hydrogen) atoms. The summed E-state index contributed by atoms with van der Waals surface area (Å²) in [6, 6.07) is 15.6. The minimum Gasteiger partial charge on any atom is -0.480 e. The number of carboxylic acid groups (broad SMARTS) is 1. The Morgan fingerprint density at radius 1 is 1.16 bits per heavy atom. The highest BCUT2D eigenvalue weighted by molar-refractivity contribution is 7.99. The van der Waals surface area contributed by atoms with Crippen molar-refractivity contribution in [1.29, 1.82) is 0 Å². The average molecular weight is 458 g/mol. The fraction of sp³-hybridized carbons (Fsp3) is 0.261. The van der Waals surface area contributed by atoms with Crippen LogP contribution >= 0.6 is 23.4 Å². The molecule has 0 aliphatic heterocycles. The van der Waals surface area contributed by atoms with E-state index in [9.17, 15) is 14.7 Å². The Labute approximate surface area is 190 Å². The molecule has 1 aromatic heterocycles. The second kappa shape index (κ2) is 11.0. The maximum absolute atomic E-state index is 13.1. The first-order valence-electron chi connectivity index (χ1n) is 9.99. The molecule has 1 unspecified atom stereocenters. The van der Waals surface area contributed by atoms with Gasteiger partial charge in [0.05, 0.1) is 12.7 Å². The number of imidazole rings is 1. The Morgan fingerprint density at radius 3 is 2.55 bits per heavy atom. The van der Waals surface area contributed by atoms with E-state index in [1.807, 2.05) is 48.5 Å². The number of nitrogens with zero attached hydrogens (tertiary/aromatic N) is 2. The predicted molar refractivity (Wildman–Crippen MR) is 123 cm³/mol. The van der Waals surface area contributed by atoms with E-state index in [-0.39, 0.29) is 6.42 Å². The van der Waals surface area contributed by atoms with Crippen LogP contribution in [0.4, 0.5) is 0 Å². The van der Waals surface area contributed by atoms with Gasteiger partial charge in [0.1, 0.15) is 11.7 Å². The van der Waals surface area contributed by atoms with E-state index < -0.39 is 17.9 Å². The monoisotopic (exact) mass is 457 g/mol. The molecule has 0 fully saturated rings. The van der Waals surface area contributed by atoms with Crippen molar-refractivity contribution in [3.63, 3.8) is 0 Å². The van der Waals surface area contributed by atoms with Crippen molar-refractivity contribution in [3.8, 4) is 0 Å². The second-order valence-corrected chi connectivity index (χ2v) is 8.48. The Kier molecular flexibility index (Phi) is 8.14. The van der Waals surface area contributed by atoms with E-state index in [4.69, 9.17) is 11.6 Å². The largest absolute Gasteiger partial charge is 0.480 e. The van der Waals surface area contributed by atoms with Gasteiger partial charge in [-0.1, -0.05) is 78.8 Å². The van der Waals surface area contributed by atoms with Crippen molar-refractivity contribution in [2.24, 2.45) is 0 Å². The third-order valence-corrected chi connectivity index (χ3v) is 6.22. The zero-order valence-corrected chi connectivity index (χ0v) is 18.7. The third kappa shape index (κ3) is 6.12. The summed E-state index contributed by atoms with van der Waals surface area (Å²) in [7, 11) is 0. The lowest BCUT2D eigenvalue weighted by molar-refractivity contribution is -0.139. The Balaban J connectivity index is 1.85. The van der Waals surface area contributed by atoms with Crippen LogP contribution in [0.2, 0.25) is 5.02 Å². The van der Waals surface area contributed by atoms with Crippen LogP contribution in [0.25, 0.3) is 0 Å². The number of benzene rings is 2. The first-order valence-corrected chi connectivity index (χ1v) is 11.3. The van der Waals surface area contributed by atoms with Crippen LogP contribution in [-0.2, 0) is 17.8 Å². The van der Waals surface area contributed by atoms with Crippen LogP contribution < -0.4 is 5.32 Å². The lowest BCUT2D eigenvalue weighted by Crippen LogP contribution is -2.43. The Morgan fingerprint density at radius 2 is 1.87 bits per heavy atom. The van der Waals surface area contributed by atoms with Crippen LogP contribution in [0.15, 0.2) is 66.0 Å². The minimum absolute atomic E-state index is 0.192. The molecule has 0 aliphatic carbocycles. The SMILES string of the molecule is CCCSc1ncc(C(=O)NC(Cc2ccccc2)C(=O)O)n1Cc1ccccc1Cl. The molecule has 0 bridgehead atoms. The molecule has 0 radical (unpaired) electrons. The number of nitrogens with one attached hydrogen (secondary N) is 1. The van der Waals surface area contributed by atoms with Gasteiger partial charge in [-0.3, -0.25) is 4.79 Å². The van der Waals surface area contributed by atoms with Crippen LogP contribution in [0, 0.1) is 0 Å². The fourth-order valence-electron chi connectivity index (χ4n) is 3.08. The number of rotatable bonds is 10. The molecule has 162 valence electrons. The maximum Gasteiger partial charge on any atom is 0.326 e. The lowest BCUT2D eigenvalue weighted by atomic mass is 10.1. The fourth-order valence-corrected chi connectivity index (χ4v) is 4.11. The first kappa shape index (κ1) is 22.9. The van der Waals surface area contributed by atoms with Crippen molar-refractivity contribution in [3.05, 3.63) is 82.6 Å². The molecule has 6 nitrogen and oxygen atoms in total. The highest BCUT2D eigenvalue weighted by Crippen LogP contribution is 2.24. The number of amides is 1. The molecular weight excluding hydrogens is 434 g/mol. The Bertz CT molecular complexity index is 1040. The quantitative estimate of drug-likeness (QED) is 0.437. The lowest BCUT2D eigenvalue weighted by Gasteiger charge is -2.17. The van der Waals surface area contributed by atoms with Crippen LogP contribution in [0.1, 0.15) is 35.0 Å². The number of carboxylic acids is 1. The number of halogens is 1. The van der Waals surface area contributed by atoms with Crippen LogP contribution in [0.5, 0.6) is 0 Å². The number of aliphatic carboxylic acids is 1. The molecule has 3 rings (SSSR count). The van der Waals surface area contributed by atoms with Gasteiger partial charge in [0.2, 0.25) is 0 Å². The summed E-state index contributed by atoms with van der Waals surface area (Å²) < 4.78 is 1.79. The van der Waals surface area contributed by atoms with Gasteiger partial charge in [-0.15, -0.1) is 0 Å². The second-order valence-electron chi connectivity index (χ2n) is 7.01. The number of hydrogen-bond donors (Lipinski definition) is 2. The van der Waals surface area contributed by atoms with Crippen molar-refractivity contribution < 1.29 is 14.7 Å². The van der Waals surface area contributed by atoms with Crippen molar-refractivity contribution in [1.82, 2.24) is 14.9 Å². The molecule has 2 N–H and O–H groups in total. The third-order valence-electron chi connectivity index (χ3n) is 4.66. The number of aromatic nitrogens is 2. The van der Waals surface area contributed by atoms with Crippen LogP contribution in [-0.4, -0.2) is 38.3 Å². The zero-order chi connectivity index (χ0) is 22.2. The Hall–Kier alpha value is -2.77. The van der Waals surface area contributed by atoms with Gasteiger partial charge >= 0.3 is 5.97 Å². The minimum atomic E-state index is -1.09. The molecule has 0 aliphatic rings. The number of hydrogen-bond acceptors (Lipinski definition) is 4. The smallest absolute Gasteiger partial charge is 0.326 e. The topological polar surface area (TPSA) is 84.2 Å². The summed E-state index contributed by atoms with van der Waals surface area (Å²) >= 11 is 7.88. The number of thioether (sulfide) groups is 1. The van der Waals surface area contributed by atoms with Gasteiger partial charge in [0.25, 0.3) is 5.91 Å². The molecule has 1 atom stereocenters. The van der Waals surface area contributed by atoms with Gasteiger partial charge in [0, 0.05) is 17.2 Å². The van der Waals surface area contributed by atoms with Gasteiger partial charge in [-0.25, -0.2) is 9.78 Å². The maximum atomic E-state index is 13.1. The van der Waals surface area contributed by atoms with E-state index in [1.54, 1.807) is 22.4 Å². The van der Waals surface area contributed by atoms with E-state index >= 15 is 0 Å². The van der Waals surface area contributed by atoms with Crippen molar-refractivity contribution in [2.75, 3.05) is 5.75 Å². The van der Waals surface area contributed by atoms with E-state index in [1.165, 1.54) is 6.20 Å². The molecule has 1 heterocycles. The summed E-state index contributed by atoms with van der Waals surface area (Å²) in [5, 5.41) is 13.6. The number of carbonyl (C=O) groups is 2. The highest BCUT2D eigenvalue weighted by Gasteiger charge is 2.24. The molecule has 1 amide bonds. The normalized spacial score (nSPS) is 11.8. The van der Waals surface area contributed by atoms with E-state index in [2.05, 4.69) is 17.2 Å². The molecule has 0 saturated heterocycles. The standard InChI is InChI=1S/C23H24ClN3O3S/c1-2-12-31-23-25-14-20(27(23)15-17-10-6-7-11-18(17)24)21(28)26-19(22(29)30)13-16-8-4-3-5-9-16/h3-11,14,19H,2,12-13,15H2,1H3,(H,26,28)(H,29,30). The summed E-state index contributed by atoms with van der Waals surface area (Å²) in [5.74, 6) is -0.715. The molecule has 0 saturated carbocycles. The number of carbonyl (C=O) groups excluding carboxylic acids is 1. The van der Waals surface area contributed by atoms with Crippen molar-refractivity contribution in [2.45, 2.75) is 37.5 Å². The molecule has 2 aromatic carbocycles. The summed E-state index contributed by atoms with van der Waals surface area (Å²) in [6.45, 7) is 2.44. The highest BCUT2D eigenvalue weighted by atomic mass is 35.5. The van der Waals surface area contributed by atoms with E-state index in [0.29, 0.717) is 22.4 Å².